The highest BCUT2D eigenvalue weighted by Gasteiger charge is 2.04. The maximum atomic E-state index is 5.68. The van der Waals surface area contributed by atoms with E-state index in [-0.39, 0.29) is 0 Å². The van der Waals surface area contributed by atoms with Gasteiger partial charge in [0.15, 0.2) is 0 Å². The Morgan fingerprint density at radius 1 is 1.18 bits per heavy atom. The van der Waals surface area contributed by atoms with Crippen molar-refractivity contribution in [3.05, 3.63) is 30.3 Å². The number of hydrogen-bond acceptors (Lipinski definition) is 2. The largest absolute Gasteiger partial charge is 0.494 e. The van der Waals surface area contributed by atoms with Gasteiger partial charge in [0.25, 0.3) is 0 Å². The van der Waals surface area contributed by atoms with Crippen molar-refractivity contribution in [2.75, 3.05) is 13.2 Å². The minimum absolute atomic E-state index is 0.648. The van der Waals surface area contributed by atoms with E-state index in [1.165, 1.54) is 19.3 Å². The Kier molecular flexibility index (Phi) is 7.48. The predicted octanol–water partition coefficient (Wildman–Crippen LogP) is 3.62. The standard InChI is InChI=1S/C15H25NO/c1-3-12-16-14(4-2)9-8-13-17-15-10-6-5-7-11-15/h5-7,10-11,14,16H,3-4,8-9,12-13H2,1-2H3. The smallest absolute Gasteiger partial charge is 0.119 e. The summed E-state index contributed by atoms with van der Waals surface area (Å²) < 4.78 is 5.68. The molecule has 0 aromatic heterocycles. The molecular weight excluding hydrogens is 210 g/mol. The van der Waals surface area contributed by atoms with Crippen LogP contribution in [0, 0.1) is 0 Å². The minimum Gasteiger partial charge on any atom is -0.494 e. The highest BCUT2D eigenvalue weighted by molar-refractivity contribution is 5.20. The highest BCUT2D eigenvalue weighted by atomic mass is 16.5. The molecule has 1 unspecified atom stereocenters. The fourth-order valence-corrected chi connectivity index (χ4v) is 1.84. The molecule has 0 aliphatic heterocycles. The number of rotatable bonds is 9. The molecule has 0 radical (unpaired) electrons. The normalized spacial score (nSPS) is 12.4. The van der Waals surface area contributed by atoms with Crippen molar-refractivity contribution in [3.8, 4) is 5.75 Å². The minimum atomic E-state index is 0.648. The third kappa shape index (κ3) is 6.32. The molecule has 1 N–H and O–H groups in total. The summed E-state index contributed by atoms with van der Waals surface area (Å²) >= 11 is 0. The van der Waals surface area contributed by atoms with Crippen LogP contribution in [0.1, 0.15) is 39.5 Å². The molecule has 0 saturated carbocycles. The topological polar surface area (TPSA) is 21.3 Å². The Labute approximate surface area is 105 Å². The second-order valence-electron chi connectivity index (χ2n) is 4.36. The van der Waals surface area contributed by atoms with E-state index < -0.39 is 0 Å². The van der Waals surface area contributed by atoms with Crippen molar-refractivity contribution in [2.45, 2.75) is 45.6 Å². The van der Waals surface area contributed by atoms with Crippen LogP contribution in [-0.2, 0) is 0 Å². The van der Waals surface area contributed by atoms with Crippen molar-refractivity contribution in [1.29, 1.82) is 0 Å². The van der Waals surface area contributed by atoms with E-state index >= 15 is 0 Å². The van der Waals surface area contributed by atoms with Crippen LogP contribution in [0.3, 0.4) is 0 Å². The van der Waals surface area contributed by atoms with E-state index in [0.29, 0.717) is 6.04 Å². The molecular formula is C15H25NO. The summed E-state index contributed by atoms with van der Waals surface area (Å²) in [7, 11) is 0. The Hall–Kier alpha value is -1.02. The van der Waals surface area contributed by atoms with Gasteiger partial charge in [0, 0.05) is 6.04 Å². The molecule has 0 aliphatic carbocycles. The summed E-state index contributed by atoms with van der Waals surface area (Å²) in [5, 5.41) is 3.56. The van der Waals surface area contributed by atoms with E-state index in [1.807, 2.05) is 30.3 Å². The maximum absolute atomic E-state index is 5.68. The zero-order valence-electron chi connectivity index (χ0n) is 11.1. The summed E-state index contributed by atoms with van der Waals surface area (Å²) in [6.45, 7) is 6.38. The number of para-hydroxylation sites is 1. The van der Waals surface area contributed by atoms with Gasteiger partial charge in [-0.1, -0.05) is 32.0 Å². The summed E-state index contributed by atoms with van der Waals surface area (Å²) in [6.07, 6.45) is 4.72. The molecule has 0 fully saturated rings. The highest BCUT2D eigenvalue weighted by Crippen LogP contribution is 2.09. The molecule has 0 saturated heterocycles. The fraction of sp³-hybridized carbons (Fsp3) is 0.600. The number of nitrogens with one attached hydrogen (secondary N) is 1. The zero-order chi connectivity index (χ0) is 12.3. The first-order valence-corrected chi connectivity index (χ1v) is 6.78. The van der Waals surface area contributed by atoms with E-state index in [1.54, 1.807) is 0 Å². The Bertz CT molecular complexity index is 274. The molecule has 1 aromatic rings. The molecule has 1 rings (SSSR count). The molecule has 0 aliphatic rings. The van der Waals surface area contributed by atoms with Gasteiger partial charge in [-0.3, -0.25) is 0 Å². The number of benzene rings is 1. The van der Waals surface area contributed by atoms with Crippen molar-refractivity contribution in [2.24, 2.45) is 0 Å². The van der Waals surface area contributed by atoms with Gasteiger partial charge in [0.05, 0.1) is 6.61 Å². The van der Waals surface area contributed by atoms with Gasteiger partial charge in [0.1, 0.15) is 5.75 Å². The maximum Gasteiger partial charge on any atom is 0.119 e. The van der Waals surface area contributed by atoms with Crippen LogP contribution in [0.5, 0.6) is 5.75 Å². The van der Waals surface area contributed by atoms with Crippen molar-refractivity contribution >= 4 is 0 Å². The van der Waals surface area contributed by atoms with Gasteiger partial charge < -0.3 is 10.1 Å². The average molecular weight is 235 g/mol. The lowest BCUT2D eigenvalue weighted by atomic mass is 10.1. The number of ether oxygens (including phenoxy) is 1. The molecule has 17 heavy (non-hydrogen) atoms. The average Bonchev–Trinajstić information content (AvgIpc) is 2.39. The zero-order valence-corrected chi connectivity index (χ0v) is 11.1. The third-order valence-electron chi connectivity index (χ3n) is 2.88. The van der Waals surface area contributed by atoms with Crippen LogP contribution < -0.4 is 10.1 Å². The first-order valence-electron chi connectivity index (χ1n) is 6.78. The van der Waals surface area contributed by atoms with Crippen molar-refractivity contribution in [3.63, 3.8) is 0 Å². The van der Waals surface area contributed by atoms with Crippen LogP contribution in [-0.4, -0.2) is 19.2 Å². The van der Waals surface area contributed by atoms with Crippen molar-refractivity contribution in [1.82, 2.24) is 5.32 Å². The van der Waals surface area contributed by atoms with Crippen LogP contribution >= 0.6 is 0 Å². The molecule has 0 bridgehead atoms. The Balaban J connectivity index is 2.10. The molecule has 1 atom stereocenters. The monoisotopic (exact) mass is 235 g/mol. The molecule has 96 valence electrons. The summed E-state index contributed by atoms with van der Waals surface area (Å²) in [5.41, 5.74) is 0. The fourth-order valence-electron chi connectivity index (χ4n) is 1.84. The van der Waals surface area contributed by atoms with Gasteiger partial charge in [-0.25, -0.2) is 0 Å². The van der Waals surface area contributed by atoms with E-state index in [2.05, 4.69) is 19.2 Å². The Morgan fingerprint density at radius 3 is 2.59 bits per heavy atom. The number of hydrogen-bond donors (Lipinski definition) is 1. The van der Waals surface area contributed by atoms with E-state index in [9.17, 15) is 0 Å². The third-order valence-corrected chi connectivity index (χ3v) is 2.88. The van der Waals surface area contributed by atoms with Gasteiger partial charge in [-0.15, -0.1) is 0 Å². The summed E-state index contributed by atoms with van der Waals surface area (Å²) in [5.74, 6) is 0.974. The summed E-state index contributed by atoms with van der Waals surface area (Å²) in [6, 6.07) is 10.7. The van der Waals surface area contributed by atoms with Crippen LogP contribution in [0.2, 0.25) is 0 Å². The predicted molar refractivity (Wildman–Crippen MR) is 73.5 cm³/mol. The van der Waals surface area contributed by atoms with Crippen LogP contribution in [0.4, 0.5) is 0 Å². The first-order chi connectivity index (χ1) is 8.36. The van der Waals surface area contributed by atoms with E-state index in [4.69, 9.17) is 4.74 Å². The lowest BCUT2D eigenvalue weighted by Gasteiger charge is -2.16. The molecule has 2 heteroatoms. The molecule has 0 amide bonds. The molecule has 2 nitrogen and oxygen atoms in total. The van der Waals surface area contributed by atoms with Gasteiger partial charge in [0.2, 0.25) is 0 Å². The van der Waals surface area contributed by atoms with Gasteiger partial charge in [-0.05, 0) is 44.4 Å². The summed E-state index contributed by atoms with van der Waals surface area (Å²) in [4.78, 5) is 0. The van der Waals surface area contributed by atoms with Crippen LogP contribution in [0.25, 0.3) is 0 Å². The second kappa shape index (κ2) is 9.06. The quantitative estimate of drug-likeness (QED) is 0.660. The van der Waals surface area contributed by atoms with Gasteiger partial charge >= 0.3 is 0 Å². The van der Waals surface area contributed by atoms with E-state index in [0.717, 1.165) is 25.3 Å². The molecule has 1 aromatic carbocycles. The lowest BCUT2D eigenvalue weighted by Crippen LogP contribution is -2.29. The van der Waals surface area contributed by atoms with Crippen LogP contribution in [0.15, 0.2) is 30.3 Å². The van der Waals surface area contributed by atoms with Crippen molar-refractivity contribution < 1.29 is 4.74 Å². The van der Waals surface area contributed by atoms with Gasteiger partial charge in [-0.2, -0.15) is 0 Å². The Morgan fingerprint density at radius 2 is 1.94 bits per heavy atom. The first kappa shape index (κ1) is 14.0. The SMILES string of the molecule is CCCNC(CC)CCCOc1ccccc1. The second-order valence-corrected chi connectivity index (χ2v) is 4.36. The molecule has 0 spiro atoms. The molecule has 0 heterocycles. The lowest BCUT2D eigenvalue weighted by molar-refractivity contribution is 0.294.